The van der Waals surface area contributed by atoms with E-state index in [9.17, 15) is 0 Å². The molecule has 0 amide bonds. The van der Waals surface area contributed by atoms with Gasteiger partial charge in [-0.3, -0.25) is 0 Å². The third-order valence-electron chi connectivity index (χ3n) is 3.05. The lowest BCUT2D eigenvalue weighted by Gasteiger charge is -2.25. The van der Waals surface area contributed by atoms with Crippen LogP contribution in [0.15, 0.2) is 18.3 Å². The molecule has 1 heterocycles. The summed E-state index contributed by atoms with van der Waals surface area (Å²) in [6, 6.07) is 4.82. The van der Waals surface area contributed by atoms with Crippen molar-refractivity contribution in [2.24, 2.45) is 0 Å². The summed E-state index contributed by atoms with van der Waals surface area (Å²) in [5.41, 5.74) is 1.31. The second-order valence-corrected chi connectivity index (χ2v) is 4.66. The molecule has 0 N–H and O–H groups in total. The van der Waals surface area contributed by atoms with Crippen LogP contribution in [0, 0.1) is 11.6 Å². The van der Waals surface area contributed by atoms with E-state index in [1.807, 2.05) is 0 Å². The predicted octanol–water partition coefficient (Wildman–Crippen LogP) is 4.03. The highest BCUT2D eigenvalue weighted by Gasteiger charge is 2.14. The van der Waals surface area contributed by atoms with Crippen LogP contribution in [0.25, 0.3) is 0 Å². The summed E-state index contributed by atoms with van der Waals surface area (Å²) in [6.45, 7) is 2.13. The number of nitrogens with zero attached hydrogens (tertiary/aromatic N) is 1. The van der Waals surface area contributed by atoms with Crippen molar-refractivity contribution in [3.05, 3.63) is 28.5 Å². The van der Waals surface area contributed by atoms with Gasteiger partial charge in [0.25, 0.3) is 0 Å². The highest BCUT2D eigenvalue weighted by Crippen LogP contribution is 2.28. The van der Waals surface area contributed by atoms with Crippen LogP contribution in [0.3, 0.4) is 0 Å². The van der Waals surface area contributed by atoms with E-state index in [2.05, 4.69) is 29.8 Å². The van der Waals surface area contributed by atoms with Crippen LogP contribution in [-0.2, 0) is 0 Å². The first-order chi connectivity index (χ1) is 6.77. The van der Waals surface area contributed by atoms with E-state index in [4.69, 9.17) is 12.2 Å². The minimum Gasteiger partial charge on any atom is -0.336 e. The maximum atomic E-state index is 5.36. The number of hydrogen-bond acceptors (Lipinski definition) is 1. The van der Waals surface area contributed by atoms with Crippen LogP contribution >= 0.6 is 12.2 Å². The number of hydrogen-bond donors (Lipinski definition) is 0. The van der Waals surface area contributed by atoms with Gasteiger partial charge in [0.2, 0.25) is 0 Å². The third kappa shape index (κ3) is 2.06. The molecule has 0 spiro atoms. The van der Waals surface area contributed by atoms with Crippen molar-refractivity contribution in [1.82, 2.24) is 4.57 Å². The number of rotatable bonds is 1. The summed E-state index contributed by atoms with van der Waals surface area (Å²) in [5, 5.41) is 0. The normalized spacial score (nSPS) is 18.4. The van der Waals surface area contributed by atoms with E-state index in [1.165, 1.54) is 37.7 Å². The zero-order chi connectivity index (χ0) is 9.97. The summed E-state index contributed by atoms with van der Waals surface area (Å²) in [4.78, 5) is 0. The smallest absolute Gasteiger partial charge is 0.106 e. The molecular weight excluding hydrogens is 190 g/mol. The molecule has 0 aliphatic heterocycles. The predicted molar refractivity (Wildman–Crippen MR) is 62.1 cm³/mol. The fourth-order valence-corrected chi connectivity index (χ4v) is 2.53. The van der Waals surface area contributed by atoms with Gasteiger partial charge in [-0.2, -0.15) is 0 Å². The van der Waals surface area contributed by atoms with Crippen molar-refractivity contribution in [1.29, 1.82) is 0 Å². The molecule has 0 bridgehead atoms. The number of pyridine rings is 1. The average Bonchev–Trinajstić information content (AvgIpc) is 2.23. The van der Waals surface area contributed by atoms with Crippen LogP contribution in [0.5, 0.6) is 0 Å². The lowest BCUT2D eigenvalue weighted by atomic mass is 9.95. The number of aromatic nitrogens is 1. The summed E-state index contributed by atoms with van der Waals surface area (Å²) in [6.07, 6.45) is 8.93. The standard InChI is InChI=1S/C12H17NS/c1-10-7-8-12(14)13(9-10)11-5-3-2-4-6-11/h7-9,11H,2-6H2,1H3. The Kier molecular flexibility index (Phi) is 3.02. The first-order valence-corrected chi connectivity index (χ1v) is 5.87. The number of aryl methyl sites for hydroxylation is 1. The van der Waals surface area contributed by atoms with Crippen molar-refractivity contribution in [3.8, 4) is 0 Å². The van der Waals surface area contributed by atoms with Crippen molar-refractivity contribution >= 4 is 12.2 Å². The topological polar surface area (TPSA) is 4.93 Å². The van der Waals surface area contributed by atoms with Gasteiger partial charge in [0.05, 0.1) is 0 Å². The SMILES string of the molecule is Cc1ccc(=S)n(C2CCCCC2)c1. The Morgan fingerprint density at radius 3 is 2.64 bits per heavy atom. The average molecular weight is 207 g/mol. The van der Waals surface area contributed by atoms with Gasteiger partial charge in [-0.05, 0) is 31.4 Å². The summed E-state index contributed by atoms with van der Waals surface area (Å²) < 4.78 is 3.28. The van der Waals surface area contributed by atoms with E-state index in [1.54, 1.807) is 0 Å². The van der Waals surface area contributed by atoms with Gasteiger partial charge in [0.15, 0.2) is 0 Å². The van der Waals surface area contributed by atoms with E-state index >= 15 is 0 Å². The summed E-state index contributed by atoms with van der Waals surface area (Å²) in [5.74, 6) is 0. The molecule has 1 aromatic heterocycles. The lowest BCUT2D eigenvalue weighted by molar-refractivity contribution is 0.349. The van der Waals surface area contributed by atoms with Gasteiger partial charge in [0, 0.05) is 12.2 Å². The Morgan fingerprint density at radius 2 is 1.93 bits per heavy atom. The molecule has 1 fully saturated rings. The Balaban J connectivity index is 2.29. The van der Waals surface area contributed by atoms with Gasteiger partial charge < -0.3 is 4.57 Å². The van der Waals surface area contributed by atoms with Crippen LogP contribution < -0.4 is 0 Å². The molecule has 1 aliphatic rings. The summed E-state index contributed by atoms with van der Waals surface area (Å²) in [7, 11) is 0. The first kappa shape index (κ1) is 9.91. The molecular formula is C12H17NS. The quantitative estimate of drug-likeness (QED) is 0.629. The largest absolute Gasteiger partial charge is 0.336 e. The molecule has 1 nitrogen and oxygen atoms in total. The van der Waals surface area contributed by atoms with Crippen molar-refractivity contribution < 1.29 is 0 Å². The van der Waals surface area contributed by atoms with Crippen molar-refractivity contribution in [2.45, 2.75) is 45.1 Å². The van der Waals surface area contributed by atoms with Crippen LogP contribution in [0.4, 0.5) is 0 Å². The van der Waals surface area contributed by atoms with E-state index < -0.39 is 0 Å². The molecule has 0 aromatic carbocycles. The van der Waals surface area contributed by atoms with Gasteiger partial charge in [0.1, 0.15) is 4.64 Å². The Bertz CT molecular complexity index is 361. The van der Waals surface area contributed by atoms with Crippen LogP contribution in [0.1, 0.15) is 43.7 Å². The third-order valence-corrected chi connectivity index (χ3v) is 3.40. The molecule has 14 heavy (non-hydrogen) atoms. The fraction of sp³-hybridized carbons (Fsp3) is 0.583. The first-order valence-electron chi connectivity index (χ1n) is 5.46. The molecule has 76 valence electrons. The molecule has 0 radical (unpaired) electrons. The maximum Gasteiger partial charge on any atom is 0.106 e. The maximum absolute atomic E-state index is 5.36. The molecule has 1 aliphatic carbocycles. The molecule has 0 saturated heterocycles. The second-order valence-electron chi connectivity index (χ2n) is 4.24. The fourth-order valence-electron chi connectivity index (χ4n) is 2.26. The van der Waals surface area contributed by atoms with Crippen molar-refractivity contribution in [2.75, 3.05) is 0 Å². The van der Waals surface area contributed by atoms with Crippen LogP contribution in [-0.4, -0.2) is 4.57 Å². The van der Waals surface area contributed by atoms with E-state index in [0.29, 0.717) is 6.04 Å². The van der Waals surface area contributed by atoms with Crippen LogP contribution in [0.2, 0.25) is 0 Å². The van der Waals surface area contributed by atoms with E-state index in [-0.39, 0.29) is 0 Å². The Labute approximate surface area is 90.8 Å². The lowest BCUT2D eigenvalue weighted by Crippen LogP contribution is -2.13. The summed E-state index contributed by atoms with van der Waals surface area (Å²) >= 11 is 5.36. The van der Waals surface area contributed by atoms with Gasteiger partial charge in [-0.1, -0.05) is 37.5 Å². The molecule has 1 aromatic rings. The highest BCUT2D eigenvalue weighted by molar-refractivity contribution is 7.71. The minimum atomic E-state index is 0.663. The molecule has 1 saturated carbocycles. The second kappa shape index (κ2) is 4.26. The van der Waals surface area contributed by atoms with Gasteiger partial charge in [-0.15, -0.1) is 0 Å². The minimum absolute atomic E-state index is 0.663. The van der Waals surface area contributed by atoms with E-state index in [0.717, 1.165) is 4.64 Å². The molecule has 2 rings (SSSR count). The van der Waals surface area contributed by atoms with Gasteiger partial charge >= 0.3 is 0 Å². The highest BCUT2D eigenvalue weighted by atomic mass is 32.1. The van der Waals surface area contributed by atoms with Gasteiger partial charge in [-0.25, -0.2) is 0 Å². The molecule has 0 unspecified atom stereocenters. The zero-order valence-electron chi connectivity index (χ0n) is 8.70. The monoisotopic (exact) mass is 207 g/mol. The zero-order valence-corrected chi connectivity index (χ0v) is 9.52. The molecule has 2 heteroatoms. The Hall–Kier alpha value is -0.630. The Morgan fingerprint density at radius 1 is 1.21 bits per heavy atom. The van der Waals surface area contributed by atoms with Crippen molar-refractivity contribution in [3.63, 3.8) is 0 Å². The molecule has 0 atom stereocenters.